The molecule has 0 aromatic heterocycles. The van der Waals surface area contributed by atoms with E-state index < -0.39 is 0 Å². The van der Waals surface area contributed by atoms with Gasteiger partial charge in [-0.05, 0) is 12.1 Å². The Balaban J connectivity index is 2.17. The van der Waals surface area contributed by atoms with Gasteiger partial charge in [-0.15, -0.1) is 0 Å². The molecular weight excluding hydrogens is 465 g/mol. The fraction of sp³-hybridized carbons (Fsp3) is 0.421. The molecule has 1 amide bonds. The summed E-state index contributed by atoms with van der Waals surface area (Å²) in [6.07, 6.45) is 1.29. The monoisotopic (exact) mass is 485 g/mol. The van der Waals surface area contributed by atoms with Gasteiger partial charge in [-0.3, -0.25) is 4.79 Å². The van der Waals surface area contributed by atoms with E-state index in [0.717, 1.165) is 0 Å². The Morgan fingerprint density at radius 3 is 2.54 bits per heavy atom. The van der Waals surface area contributed by atoms with Crippen molar-refractivity contribution in [3.8, 4) is 11.8 Å². The SMILES string of the molecule is C=C(/C=N\I)C(=O)N[C@H]1C(C)(C)[C@H](Oc2ccc(C#N)c(Cl)c2)C1(C)C. The first-order valence-corrected chi connectivity index (χ1v) is 9.40. The van der Waals surface area contributed by atoms with Gasteiger partial charge >= 0.3 is 0 Å². The Bertz CT molecular complexity index is 795. The quantitative estimate of drug-likeness (QED) is 0.379. The summed E-state index contributed by atoms with van der Waals surface area (Å²) in [6.45, 7) is 11.9. The van der Waals surface area contributed by atoms with Crippen LogP contribution >= 0.6 is 34.5 Å². The van der Waals surface area contributed by atoms with Gasteiger partial charge in [-0.2, -0.15) is 5.26 Å². The Hall–Kier alpha value is -1.59. The summed E-state index contributed by atoms with van der Waals surface area (Å²) >= 11 is 7.90. The van der Waals surface area contributed by atoms with Gasteiger partial charge in [0.1, 0.15) is 17.9 Å². The van der Waals surface area contributed by atoms with Crippen molar-refractivity contribution in [3.63, 3.8) is 0 Å². The molecule has 0 unspecified atom stereocenters. The molecule has 138 valence electrons. The molecule has 26 heavy (non-hydrogen) atoms. The molecule has 1 fully saturated rings. The van der Waals surface area contributed by atoms with E-state index in [2.05, 4.69) is 15.1 Å². The maximum Gasteiger partial charge on any atom is 0.252 e. The zero-order valence-corrected chi connectivity index (χ0v) is 18.1. The van der Waals surface area contributed by atoms with Gasteiger partial charge in [0.25, 0.3) is 5.91 Å². The highest BCUT2D eigenvalue weighted by atomic mass is 127. The molecule has 0 radical (unpaired) electrons. The summed E-state index contributed by atoms with van der Waals surface area (Å²) in [6, 6.07) is 6.96. The lowest BCUT2D eigenvalue weighted by Crippen LogP contribution is -2.74. The third-order valence-corrected chi connectivity index (χ3v) is 5.52. The number of nitrogens with zero attached hydrogens (tertiary/aromatic N) is 2. The second-order valence-corrected chi connectivity index (χ2v) is 8.52. The number of carbonyl (C=O) groups is 1. The minimum Gasteiger partial charge on any atom is -0.489 e. The number of carbonyl (C=O) groups excluding carboxylic acids is 1. The van der Waals surface area contributed by atoms with Crippen LogP contribution < -0.4 is 10.1 Å². The topological polar surface area (TPSA) is 74.5 Å². The van der Waals surface area contributed by atoms with Crippen LogP contribution in [0.1, 0.15) is 33.3 Å². The maximum absolute atomic E-state index is 12.3. The predicted octanol–water partition coefficient (Wildman–Crippen LogP) is 4.49. The van der Waals surface area contributed by atoms with Gasteiger partial charge in [0.2, 0.25) is 0 Å². The highest BCUT2D eigenvalue weighted by molar-refractivity contribution is 14.1. The lowest BCUT2D eigenvalue weighted by molar-refractivity contribution is -0.172. The van der Waals surface area contributed by atoms with E-state index in [4.69, 9.17) is 21.6 Å². The Morgan fingerprint density at radius 1 is 1.42 bits per heavy atom. The Labute approximate surface area is 173 Å². The van der Waals surface area contributed by atoms with E-state index in [1.165, 1.54) is 6.21 Å². The van der Waals surface area contributed by atoms with Crippen LogP contribution in [0, 0.1) is 22.2 Å². The highest BCUT2D eigenvalue weighted by Crippen LogP contribution is 2.55. The van der Waals surface area contributed by atoms with Gasteiger partial charge in [0, 0.05) is 29.2 Å². The van der Waals surface area contributed by atoms with Crippen LogP contribution in [0.5, 0.6) is 5.75 Å². The fourth-order valence-corrected chi connectivity index (χ4v) is 4.49. The summed E-state index contributed by atoms with van der Waals surface area (Å²) in [5, 5.41) is 12.4. The van der Waals surface area contributed by atoms with Gasteiger partial charge in [-0.1, -0.05) is 45.9 Å². The number of nitriles is 1. The second kappa shape index (κ2) is 7.57. The van der Waals surface area contributed by atoms with Crippen LogP contribution in [0.25, 0.3) is 0 Å². The lowest BCUT2D eigenvalue weighted by Gasteiger charge is -2.63. The predicted molar refractivity (Wildman–Crippen MR) is 112 cm³/mol. The third kappa shape index (κ3) is 3.74. The molecule has 7 heteroatoms. The summed E-state index contributed by atoms with van der Waals surface area (Å²) < 4.78 is 9.98. The van der Waals surface area contributed by atoms with Gasteiger partial charge in [0.15, 0.2) is 0 Å². The number of nitrogens with one attached hydrogen (secondary N) is 1. The van der Waals surface area contributed by atoms with Crippen molar-refractivity contribution in [1.82, 2.24) is 5.32 Å². The molecule has 0 spiro atoms. The van der Waals surface area contributed by atoms with Crippen molar-refractivity contribution in [2.24, 2.45) is 14.0 Å². The number of halogens is 2. The molecule has 1 aromatic carbocycles. The lowest BCUT2D eigenvalue weighted by atomic mass is 9.49. The van der Waals surface area contributed by atoms with Crippen LogP contribution in [0.3, 0.4) is 0 Å². The first kappa shape index (κ1) is 20.7. The average molecular weight is 486 g/mol. The van der Waals surface area contributed by atoms with Crippen molar-refractivity contribution in [1.29, 1.82) is 5.26 Å². The molecule has 1 aliphatic rings. The van der Waals surface area contributed by atoms with E-state index in [1.807, 2.05) is 56.6 Å². The van der Waals surface area contributed by atoms with Gasteiger partial charge in [0.05, 0.1) is 39.0 Å². The van der Waals surface area contributed by atoms with Crippen molar-refractivity contribution < 1.29 is 9.53 Å². The molecular formula is C19H21ClIN3O2. The molecule has 1 N–H and O–H groups in total. The number of hydrogen-bond donors (Lipinski definition) is 1. The van der Waals surface area contributed by atoms with Crippen molar-refractivity contribution in [3.05, 3.63) is 40.9 Å². The van der Waals surface area contributed by atoms with E-state index >= 15 is 0 Å². The largest absolute Gasteiger partial charge is 0.489 e. The molecule has 1 aromatic rings. The van der Waals surface area contributed by atoms with Gasteiger partial charge < -0.3 is 10.1 Å². The molecule has 0 atom stereocenters. The molecule has 1 aliphatic carbocycles. The first-order chi connectivity index (χ1) is 12.1. The molecule has 0 bridgehead atoms. The number of hydrogen-bond acceptors (Lipinski definition) is 4. The van der Waals surface area contributed by atoms with Crippen molar-refractivity contribution in [2.75, 3.05) is 0 Å². The molecule has 0 saturated heterocycles. The molecule has 1 saturated carbocycles. The zero-order valence-electron chi connectivity index (χ0n) is 15.1. The molecule has 5 nitrogen and oxygen atoms in total. The van der Waals surface area contributed by atoms with Crippen LogP contribution in [0.4, 0.5) is 0 Å². The van der Waals surface area contributed by atoms with E-state index in [0.29, 0.717) is 21.9 Å². The van der Waals surface area contributed by atoms with Crippen molar-refractivity contribution in [2.45, 2.75) is 39.8 Å². The van der Waals surface area contributed by atoms with E-state index in [9.17, 15) is 4.79 Å². The summed E-state index contributed by atoms with van der Waals surface area (Å²) in [5.74, 6) is 0.364. The molecule has 0 aliphatic heterocycles. The smallest absolute Gasteiger partial charge is 0.252 e. The number of rotatable bonds is 5. The van der Waals surface area contributed by atoms with E-state index in [-0.39, 0.29) is 28.9 Å². The normalized spacial score (nSPS) is 23.0. The Kier molecular flexibility index (Phi) is 6.03. The van der Waals surface area contributed by atoms with Crippen molar-refractivity contribution >= 4 is 46.6 Å². The molecule has 2 rings (SSSR count). The maximum atomic E-state index is 12.3. The second-order valence-electron chi connectivity index (χ2n) is 7.55. The third-order valence-electron chi connectivity index (χ3n) is 4.93. The van der Waals surface area contributed by atoms with Crippen LogP contribution in [-0.2, 0) is 4.79 Å². The zero-order chi connectivity index (χ0) is 19.7. The minimum atomic E-state index is -0.304. The molecule has 0 heterocycles. The summed E-state index contributed by atoms with van der Waals surface area (Å²) in [4.78, 5) is 12.3. The van der Waals surface area contributed by atoms with Crippen LogP contribution in [0.15, 0.2) is 33.6 Å². The standard InChI is InChI=1S/C19H21ClIN3O2/c1-11(10-23-21)15(25)24-16-18(2,3)17(19(16,4)5)26-13-7-6-12(9-22)14(20)8-13/h6-8,10,16-17H,1H2,2-5H3,(H,24,25)/b23-10-/t16-,17-. The fourth-order valence-electron chi connectivity index (χ4n) is 3.94. The van der Waals surface area contributed by atoms with E-state index in [1.54, 1.807) is 18.2 Å². The average Bonchev–Trinajstić information content (AvgIpc) is 2.57. The summed E-state index contributed by atoms with van der Waals surface area (Å²) in [7, 11) is 0. The van der Waals surface area contributed by atoms with Gasteiger partial charge in [-0.25, -0.2) is 3.21 Å². The number of ether oxygens (including phenoxy) is 1. The number of benzene rings is 1. The summed E-state index contributed by atoms with van der Waals surface area (Å²) in [5.41, 5.74) is 0.115. The van der Waals surface area contributed by atoms with Crippen LogP contribution in [0.2, 0.25) is 5.02 Å². The van der Waals surface area contributed by atoms with Crippen LogP contribution in [-0.4, -0.2) is 24.3 Å². The first-order valence-electron chi connectivity index (χ1n) is 8.06. The number of amides is 1. The highest BCUT2D eigenvalue weighted by Gasteiger charge is 2.64. The Morgan fingerprint density at radius 2 is 2.04 bits per heavy atom. The minimum absolute atomic E-state index is 0.0966.